The number of amides is 1. The summed E-state index contributed by atoms with van der Waals surface area (Å²) in [5.74, 6) is 0.775. The van der Waals surface area contributed by atoms with E-state index in [0.717, 1.165) is 17.6 Å². The second kappa shape index (κ2) is 8.40. The molecule has 1 aliphatic heterocycles. The van der Waals surface area contributed by atoms with E-state index in [1.807, 2.05) is 38.1 Å². The number of ether oxygens (including phenoxy) is 1. The van der Waals surface area contributed by atoms with Crippen LogP contribution in [0.3, 0.4) is 0 Å². The first-order valence-electron chi connectivity index (χ1n) is 9.99. The molecule has 1 aliphatic rings. The number of nitrogens with zero attached hydrogens (tertiary/aromatic N) is 1. The van der Waals surface area contributed by atoms with E-state index in [4.69, 9.17) is 4.74 Å². The smallest absolute Gasteiger partial charge is 0.236 e. The van der Waals surface area contributed by atoms with Crippen LogP contribution in [-0.2, 0) is 26.6 Å². The molecule has 0 aromatic heterocycles. The van der Waals surface area contributed by atoms with Crippen molar-refractivity contribution in [1.29, 1.82) is 0 Å². The van der Waals surface area contributed by atoms with Gasteiger partial charge >= 0.3 is 0 Å². The summed E-state index contributed by atoms with van der Waals surface area (Å²) >= 11 is 0. The van der Waals surface area contributed by atoms with Gasteiger partial charge in [-0.3, -0.25) is 4.79 Å². The molecule has 7 heteroatoms. The van der Waals surface area contributed by atoms with Gasteiger partial charge in [0.05, 0.1) is 18.1 Å². The average Bonchev–Trinajstić information content (AvgIpc) is 2.92. The van der Waals surface area contributed by atoms with Gasteiger partial charge in [-0.2, -0.15) is 0 Å². The number of likely N-dealkylation sites (tertiary alicyclic amines) is 1. The van der Waals surface area contributed by atoms with E-state index in [2.05, 4.69) is 0 Å². The summed E-state index contributed by atoms with van der Waals surface area (Å²) in [6.45, 7) is 4.64. The van der Waals surface area contributed by atoms with Crippen molar-refractivity contribution in [1.82, 2.24) is 4.90 Å². The number of hydrogen-bond donors (Lipinski definition) is 1. The number of benzene rings is 2. The molecule has 2 aromatic carbocycles. The van der Waals surface area contributed by atoms with Crippen molar-refractivity contribution in [3.8, 4) is 5.75 Å². The van der Waals surface area contributed by atoms with Gasteiger partial charge in [0.2, 0.25) is 5.91 Å². The fourth-order valence-corrected chi connectivity index (χ4v) is 4.89. The van der Waals surface area contributed by atoms with E-state index in [9.17, 15) is 18.3 Å². The minimum atomic E-state index is -3.34. The number of carbonyl (C=O) groups is 1. The highest BCUT2D eigenvalue weighted by molar-refractivity contribution is 7.90. The molecule has 162 valence electrons. The number of carbonyl (C=O) groups excluding carboxylic acids is 1. The maximum atomic E-state index is 13.6. The van der Waals surface area contributed by atoms with E-state index in [-0.39, 0.29) is 23.3 Å². The Balaban J connectivity index is 1.95. The summed E-state index contributed by atoms with van der Waals surface area (Å²) in [6, 6.07) is 13.9. The minimum Gasteiger partial charge on any atom is -0.497 e. The monoisotopic (exact) mass is 431 g/mol. The standard InChI is InChI=1S/C23H29NO5S/c1-16(2)13-23(18-7-11-20(12-8-18)30(4,27)28)21(25)15-24(22(23)26)14-17-5-9-19(29-3)10-6-17/h5-12,16,21,25H,13-15H2,1-4H3/t21-,23+/m0/s1. The topological polar surface area (TPSA) is 83.9 Å². The fraction of sp³-hybridized carbons (Fsp3) is 0.435. The Morgan fingerprint density at radius 3 is 2.23 bits per heavy atom. The number of aliphatic hydroxyl groups excluding tert-OH is 1. The van der Waals surface area contributed by atoms with Gasteiger partial charge in [-0.05, 0) is 47.7 Å². The molecule has 2 aromatic rings. The first-order chi connectivity index (χ1) is 14.1. The third-order valence-electron chi connectivity index (χ3n) is 5.69. The predicted molar refractivity (Wildman–Crippen MR) is 115 cm³/mol. The van der Waals surface area contributed by atoms with Gasteiger partial charge in [0.15, 0.2) is 9.84 Å². The highest BCUT2D eigenvalue weighted by Gasteiger charge is 2.54. The van der Waals surface area contributed by atoms with Crippen molar-refractivity contribution in [2.75, 3.05) is 19.9 Å². The molecule has 1 saturated heterocycles. The molecule has 0 unspecified atom stereocenters. The lowest BCUT2D eigenvalue weighted by Crippen LogP contribution is -2.44. The molecule has 0 spiro atoms. The van der Waals surface area contributed by atoms with Crippen LogP contribution in [0.5, 0.6) is 5.75 Å². The molecule has 1 amide bonds. The highest BCUT2D eigenvalue weighted by Crippen LogP contribution is 2.42. The molecule has 0 radical (unpaired) electrons. The third kappa shape index (κ3) is 4.23. The Bertz CT molecular complexity index is 999. The molecule has 1 heterocycles. The van der Waals surface area contributed by atoms with E-state index in [1.54, 1.807) is 24.1 Å². The fourth-order valence-electron chi connectivity index (χ4n) is 4.26. The van der Waals surface area contributed by atoms with Gasteiger partial charge in [0.25, 0.3) is 0 Å². The zero-order chi connectivity index (χ0) is 22.1. The van der Waals surface area contributed by atoms with Crippen LogP contribution in [0.1, 0.15) is 31.4 Å². The van der Waals surface area contributed by atoms with Crippen LogP contribution in [-0.4, -0.2) is 50.3 Å². The Morgan fingerprint density at radius 2 is 1.73 bits per heavy atom. The first-order valence-corrected chi connectivity index (χ1v) is 11.9. The molecular formula is C23H29NO5S. The molecule has 6 nitrogen and oxygen atoms in total. The van der Waals surface area contributed by atoms with Crippen LogP contribution in [0.25, 0.3) is 0 Å². The third-order valence-corrected chi connectivity index (χ3v) is 6.82. The van der Waals surface area contributed by atoms with Crippen LogP contribution in [0.2, 0.25) is 0 Å². The largest absolute Gasteiger partial charge is 0.497 e. The number of sulfone groups is 1. The normalized spacial score (nSPS) is 22.0. The summed E-state index contributed by atoms with van der Waals surface area (Å²) in [5.41, 5.74) is 0.513. The molecule has 1 fully saturated rings. The van der Waals surface area contributed by atoms with Crippen LogP contribution < -0.4 is 4.74 Å². The minimum absolute atomic E-state index is 0.133. The van der Waals surface area contributed by atoms with Crippen LogP contribution in [0.4, 0.5) is 0 Å². The summed E-state index contributed by atoms with van der Waals surface area (Å²) in [7, 11) is -1.74. The van der Waals surface area contributed by atoms with Gasteiger partial charge in [-0.25, -0.2) is 8.42 Å². The van der Waals surface area contributed by atoms with Crippen molar-refractivity contribution in [3.63, 3.8) is 0 Å². The maximum absolute atomic E-state index is 13.6. The van der Waals surface area contributed by atoms with Crippen molar-refractivity contribution in [2.24, 2.45) is 5.92 Å². The average molecular weight is 432 g/mol. The van der Waals surface area contributed by atoms with Gasteiger partial charge in [0.1, 0.15) is 11.2 Å². The van der Waals surface area contributed by atoms with E-state index in [1.165, 1.54) is 12.1 Å². The van der Waals surface area contributed by atoms with Crippen LogP contribution in [0.15, 0.2) is 53.4 Å². The molecule has 0 saturated carbocycles. The highest BCUT2D eigenvalue weighted by atomic mass is 32.2. The summed E-state index contributed by atoms with van der Waals surface area (Å²) in [5, 5.41) is 11.1. The molecule has 2 atom stereocenters. The van der Waals surface area contributed by atoms with E-state index >= 15 is 0 Å². The lowest BCUT2D eigenvalue weighted by molar-refractivity contribution is -0.134. The SMILES string of the molecule is COc1ccc(CN2C[C@H](O)[C@@](CC(C)C)(c3ccc(S(C)(=O)=O)cc3)C2=O)cc1. The molecule has 0 bridgehead atoms. The number of β-amino-alcohol motifs (C(OH)–C–C–N with tert-alkyl or cyclic N) is 1. The molecule has 30 heavy (non-hydrogen) atoms. The zero-order valence-corrected chi connectivity index (χ0v) is 18.6. The lowest BCUT2D eigenvalue weighted by Gasteiger charge is -2.32. The molecule has 0 aliphatic carbocycles. The van der Waals surface area contributed by atoms with Gasteiger partial charge in [-0.1, -0.05) is 38.1 Å². The second-order valence-electron chi connectivity index (χ2n) is 8.42. The maximum Gasteiger partial charge on any atom is 0.236 e. The number of rotatable bonds is 7. The van der Waals surface area contributed by atoms with Gasteiger partial charge < -0.3 is 14.7 Å². The second-order valence-corrected chi connectivity index (χ2v) is 10.4. The summed E-state index contributed by atoms with van der Waals surface area (Å²) in [6.07, 6.45) is 0.747. The first kappa shape index (κ1) is 22.3. The van der Waals surface area contributed by atoms with Crippen molar-refractivity contribution in [2.45, 2.75) is 43.2 Å². The summed E-state index contributed by atoms with van der Waals surface area (Å²) in [4.78, 5) is 15.5. The van der Waals surface area contributed by atoms with Crippen LogP contribution >= 0.6 is 0 Å². The predicted octanol–water partition coefficient (Wildman–Crippen LogP) is 2.79. The number of methoxy groups -OCH3 is 1. The van der Waals surface area contributed by atoms with Crippen molar-refractivity contribution in [3.05, 3.63) is 59.7 Å². The Morgan fingerprint density at radius 1 is 1.13 bits per heavy atom. The van der Waals surface area contributed by atoms with Crippen LogP contribution in [0, 0.1) is 5.92 Å². The van der Waals surface area contributed by atoms with Gasteiger partial charge in [0, 0.05) is 19.3 Å². The van der Waals surface area contributed by atoms with Gasteiger partial charge in [-0.15, -0.1) is 0 Å². The van der Waals surface area contributed by atoms with E-state index < -0.39 is 21.4 Å². The molecular weight excluding hydrogens is 402 g/mol. The Hall–Kier alpha value is -2.38. The Kier molecular flexibility index (Phi) is 6.24. The Labute approximate surface area is 178 Å². The number of hydrogen-bond acceptors (Lipinski definition) is 5. The summed E-state index contributed by atoms with van der Waals surface area (Å²) < 4.78 is 28.8. The number of aliphatic hydroxyl groups is 1. The van der Waals surface area contributed by atoms with Crippen molar-refractivity contribution >= 4 is 15.7 Å². The molecule has 1 N–H and O–H groups in total. The lowest BCUT2D eigenvalue weighted by atomic mass is 9.71. The quantitative estimate of drug-likeness (QED) is 0.729. The van der Waals surface area contributed by atoms with E-state index in [0.29, 0.717) is 18.5 Å². The van der Waals surface area contributed by atoms with Crippen molar-refractivity contribution < 1.29 is 23.1 Å². The molecule has 3 rings (SSSR count). The zero-order valence-electron chi connectivity index (χ0n) is 17.8.